The van der Waals surface area contributed by atoms with Crippen molar-refractivity contribution in [2.24, 2.45) is 0 Å². The molecule has 0 unspecified atom stereocenters. The van der Waals surface area contributed by atoms with E-state index in [1.54, 1.807) is 12.1 Å². The number of benzene rings is 3. The third kappa shape index (κ3) is 2.85. The number of hydrogen-bond donors (Lipinski definition) is 2. The molecule has 3 aromatic carbocycles. The van der Waals surface area contributed by atoms with Gasteiger partial charge in [0, 0.05) is 15.5 Å². The summed E-state index contributed by atoms with van der Waals surface area (Å²) in [5.41, 5.74) is 6.76. The lowest BCUT2D eigenvalue weighted by Gasteiger charge is -2.07. The molecule has 0 aliphatic carbocycles. The van der Waals surface area contributed by atoms with Crippen molar-refractivity contribution in [1.29, 1.82) is 0 Å². The number of rotatable bonds is 3. The number of nitrogens with two attached hydrogens (primary N) is 1. The van der Waals surface area contributed by atoms with E-state index in [9.17, 15) is 4.79 Å². The fourth-order valence-electron chi connectivity index (χ4n) is 2.11. The van der Waals surface area contributed by atoms with Crippen LogP contribution in [0.15, 0.2) is 70.5 Å². The zero-order valence-electron chi connectivity index (χ0n) is 11.1. The molecule has 0 atom stereocenters. The zero-order valence-corrected chi connectivity index (χ0v) is 11.9. The van der Waals surface area contributed by atoms with E-state index in [1.807, 2.05) is 18.2 Å². The molecule has 3 aromatic rings. The number of fused-ring (bicyclic) bond motifs is 1. The van der Waals surface area contributed by atoms with Gasteiger partial charge in [-0.05, 0) is 41.1 Å². The van der Waals surface area contributed by atoms with Crippen LogP contribution in [0.1, 0.15) is 10.4 Å². The number of carboxylic acids is 1. The molecule has 21 heavy (non-hydrogen) atoms. The first kappa shape index (κ1) is 13.5. The predicted octanol–water partition coefficient (Wildman–Crippen LogP) is 4.27. The molecule has 0 saturated carbocycles. The first-order valence-electron chi connectivity index (χ1n) is 6.43. The van der Waals surface area contributed by atoms with E-state index in [4.69, 9.17) is 10.8 Å². The summed E-state index contributed by atoms with van der Waals surface area (Å²) < 4.78 is 0. The minimum absolute atomic E-state index is 0.243. The molecular formula is C17H13NO2S. The van der Waals surface area contributed by atoms with Gasteiger partial charge in [0.2, 0.25) is 0 Å². The largest absolute Gasteiger partial charge is 0.478 e. The maximum Gasteiger partial charge on any atom is 0.335 e. The minimum atomic E-state index is -0.949. The minimum Gasteiger partial charge on any atom is -0.478 e. The quantitative estimate of drug-likeness (QED) is 0.708. The Morgan fingerprint density at radius 1 is 0.952 bits per heavy atom. The summed E-state index contributed by atoms with van der Waals surface area (Å²) in [6.07, 6.45) is 0. The van der Waals surface area contributed by atoms with Gasteiger partial charge in [0.15, 0.2) is 0 Å². The molecule has 3 rings (SSSR count). The van der Waals surface area contributed by atoms with Crippen molar-refractivity contribution in [2.45, 2.75) is 9.79 Å². The SMILES string of the molecule is Nc1ccc(C(=O)O)cc1Sc1ccc2ccccc2c1. The molecule has 0 aliphatic rings. The molecule has 3 N–H and O–H groups in total. The van der Waals surface area contributed by atoms with Gasteiger partial charge < -0.3 is 10.8 Å². The second kappa shape index (κ2) is 5.50. The summed E-state index contributed by atoms with van der Waals surface area (Å²) in [6.45, 7) is 0. The Hall–Kier alpha value is -2.46. The van der Waals surface area contributed by atoms with Gasteiger partial charge in [-0.15, -0.1) is 0 Å². The number of aromatic carboxylic acids is 1. The normalized spacial score (nSPS) is 10.7. The van der Waals surface area contributed by atoms with Gasteiger partial charge in [0.1, 0.15) is 0 Å². The van der Waals surface area contributed by atoms with Crippen LogP contribution in [0.5, 0.6) is 0 Å². The van der Waals surface area contributed by atoms with Gasteiger partial charge in [-0.2, -0.15) is 0 Å². The van der Waals surface area contributed by atoms with Crippen LogP contribution in [0.4, 0.5) is 5.69 Å². The molecule has 4 heteroatoms. The maximum atomic E-state index is 11.0. The smallest absolute Gasteiger partial charge is 0.335 e. The lowest BCUT2D eigenvalue weighted by molar-refractivity contribution is 0.0696. The first-order valence-corrected chi connectivity index (χ1v) is 7.24. The summed E-state index contributed by atoms with van der Waals surface area (Å²) in [5.74, 6) is -0.949. The van der Waals surface area contributed by atoms with Crippen molar-refractivity contribution >= 4 is 34.2 Å². The molecule has 0 amide bonds. The monoisotopic (exact) mass is 295 g/mol. The lowest BCUT2D eigenvalue weighted by Crippen LogP contribution is -1.98. The second-order valence-corrected chi connectivity index (χ2v) is 5.78. The Bertz CT molecular complexity index is 830. The highest BCUT2D eigenvalue weighted by Crippen LogP contribution is 2.34. The Labute approximate surface area is 126 Å². The van der Waals surface area contributed by atoms with Gasteiger partial charge in [-0.3, -0.25) is 0 Å². The molecule has 0 bridgehead atoms. The fourth-order valence-corrected chi connectivity index (χ4v) is 3.06. The van der Waals surface area contributed by atoms with E-state index >= 15 is 0 Å². The third-order valence-electron chi connectivity index (χ3n) is 3.21. The highest BCUT2D eigenvalue weighted by atomic mass is 32.2. The van der Waals surface area contributed by atoms with Crippen molar-refractivity contribution in [3.63, 3.8) is 0 Å². The van der Waals surface area contributed by atoms with E-state index in [-0.39, 0.29) is 5.56 Å². The summed E-state index contributed by atoms with van der Waals surface area (Å²) in [6, 6.07) is 19.0. The molecule has 104 valence electrons. The van der Waals surface area contributed by atoms with Crippen molar-refractivity contribution in [3.05, 3.63) is 66.2 Å². The van der Waals surface area contributed by atoms with E-state index in [0.717, 1.165) is 15.2 Å². The van der Waals surface area contributed by atoms with Gasteiger partial charge in [-0.25, -0.2) is 4.79 Å². The van der Waals surface area contributed by atoms with Crippen LogP contribution in [-0.2, 0) is 0 Å². The average Bonchev–Trinajstić information content (AvgIpc) is 2.49. The predicted molar refractivity (Wildman–Crippen MR) is 85.9 cm³/mol. The van der Waals surface area contributed by atoms with Gasteiger partial charge >= 0.3 is 5.97 Å². The third-order valence-corrected chi connectivity index (χ3v) is 4.27. The van der Waals surface area contributed by atoms with Crippen molar-refractivity contribution in [3.8, 4) is 0 Å². The van der Waals surface area contributed by atoms with E-state index in [2.05, 4.69) is 24.3 Å². The molecule has 0 heterocycles. The van der Waals surface area contributed by atoms with Crippen molar-refractivity contribution in [1.82, 2.24) is 0 Å². The topological polar surface area (TPSA) is 63.3 Å². The standard InChI is InChI=1S/C17H13NO2S/c18-15-8-6-13(17(19)20)10-16(15)21-14-7-5-11-3-1-2-4-12(11)9-14/h1-10H,18H2,(H,19,20). The van der Waals surface area contributed by atoms with E-state index in [1.165, 1.54) is 23.2 Å². The summed E-state index contributed by atoms with van der Waals surface area (Å²) in [4.78, 5) is 12.8. The van der Waals surface area contributed by atoms with Gasteiger partial charge in [-0.1, -0.05) is 42.1 Å². The number of nitrogen functional groups attached to an aromatic ring is 1. The van der Waals surface area contributed by atoms with Crippen LogP contribution in [0, 0.1) is 0 Å². The number of anilines is 1. The van der Waals surface area contributed by atoms with Crippen LogP contribution < -0.4 is 5.73 Å². The number of carbonyl (C=O) groups is 1. The van der Waals surface area contributed by atoms with Crippen LogP contribution in [0.25, 0.3) is 10.8 Å². The zero-order chi connectivity index (χ0) is 14.8. The Morgan fingerprint density at radius 2 is 1.71 bits per heavy atom. The van der Waals surface area contributed by atoms with Gasteiger partial charge in [0.05, 0.1) is 5.56 Å². The summed E-state index contributed by atoms with van der Waals surface area (Å²) in [5, 5.41) is 11.4. The van der Waals surface area contributed by atoms with E-state index < -0.39 is 5.97 Å². The molecule has 3 nitrogen and oxygen atoms in total. The molecule has 0 radical (unpaired) electrons. The number of hydrogen-bond acceptors (Lipinski definition) is 3. The molecular weight excluding hydrogens is 282 g/mol. The molecule has 0 saturated heterocycles. The van der Waals surface area contributed by atoms with Crippen LogP contribution in [-0.4, -0.2) is 11.1 Å². The molecule has 0 aromatic heterocycles. The van der Waals surface area contributed by atoms with E-state index in [0.29, 0.717) is 5.69 Å². The van der Waals surface area contributed by atoms with Crippen molar-refractivity contribution < 1.29 is 9.90 Å². The highest BCUT2D eigenvalue weighted by Gasteiger charge is 2.08. The van der Waals surface area contributed by atoms with Gasteiger partial charge in [0.25, 0.3) is 0 Å². The Morgan fingerprint density at radius 3 is 2.48 bits per heavy atom. The number of carboxylic acid groups (broad SMARTS) is 1. The van der Waals surface area contributed by atoms with Crippen molar-refractivity contribution in [2.75, 3.05) is 5.73 Å². The molecule has 0 fully saturated rings. The lowest BCUT2D eigenvalue weighted by atomic mass is 10.1. The Kier molecular flexibility index (Phi) is 3.54. The molecule has 0 aliphatic heterocycles. The van der Waals surface area contributed by atoms with Crippen LogP contribution >= 0.6 is 11.8 Å². The highest BCUT2D eigenvalue weighted by molar-refractivity contribution is 7.99. The fraction of sp³-hybridized carbons (Fsp3) is 0. The Balaban J connectivity index is 1.98. The van der Waals surface area contributed by atoms with Crippen LogP contribution in [0.2, 0.25) is 0 Å². The summed E-state index contributed by atoms with van der Waals surface area (Å²) >= 11 is 1.47. The molecule has 0 spiro atoms. The average molecular weight is 295 g/mol. The summed E-state index contributed by atoms with van der Waals surface area (Å²) in [7, 11) is 0. The first-order chi connectivity index (χ1) is 10.1. The van der Waals surface area contributed by atoms with Crippen LogP contribution in [0.3, 0.4) is 0 Å². The second-order valence-electron chi connectivity index (χ2n) is 4.67. The maximum absolute atomic E-state index is 11.0.